The SMILES string of the molecule is CCC1(C(=O)O)CCCN(C(=O)NCCn2ccnn2)C1. The Hall–Kier alpha value is -2.12. The second-order valence-corrected chi connectivity index (χ2v) is 5.36. The molecule has 1 aliphatic rings. The first kappa shape index (κ1) is 15.3. The first-order chi connectivity index (χ1) is 10.1. The van der Waals surface area contributed by atoms with E-state index in [2.05, 4.69) is 15.6 Å². The number of aliphatic carboxylic acids is 1. The highest BCUT2D eigenvalue weighted by Gasteiger charge is 2.42. The van der Waals surface area contributed by atoms with E-state index < -0.39 is 11.4 Å². The molecule has 0 radical (unpaired) electrons. The highest BCUT2D eigenvalue weighted by atomic mass is 16.4. The summed E-state index contributed by atoms with van der Waals surface area (Å²) in [4.78, 5) is 25.2. The van der Waals surface area contributed by atoms with Gasteiger partial charge in [0.1, 0.15) is 0 Å². The first-order valence-corrected chi connectivity index (χ1v) is 7.18. The topological polar surface area (TPSA) is 100 Å². The summed E-state index contributed by atoms with van der Waals surface area (Å²) in [5.41, 5.74) is -0.804. The lowest BCUT2D eigenvalue weighted by molar-refractivity contribution is -0.152. The van der Waals surface area contributed by atoms with Gasteiger partial charge in [0, 0.05) is 25.8 Å². The van der Waals surface area contributed by atoms with Crippen LogP contribution in [0.25, 0.3) is 0 Å². The Morgan fingerprint density at radius 3 is 2.90 bits per heavy atom. The van der Waals surface area contributed by atoms with Crippen LogP contribution >= 0.6 is 0 Å². The van der Waals surface area contributed by atoms with Crippen LogP contribution in [0.3, 0.4) is 0 Å². The molecule has 1 saturated heterocycles. The monoisotopic (exact) mass is 295 g/mol. The number of nitrogens with zero attached hydrogens (tertiary/aromatic N) is 4. The Bertz CT molecular complexity index is 490. The van der Waals surface area contributed by atoms with E-state index in [0.29, 0.717) is 32.5 Å². The van der Waals surface area contributed by atoms with E-state index in [1.54, 1.807) is 22.0 Å². The third-order valence-corrected chi connectivity index (χ3v) is 4.08. The summed E-state index contributed by atoms with van der Waals surface area (Å²) in [5, 5.41) is 19.7. The van der Waals surface area contributed by atoms with Crippen molar-refractivity contribution in [2.24, 2.45) is 5.41 Å². The zero-order chi connectivity index (χ0) is 15.3. The summed E-state index contributed by atoms with van der Waals surface area (Å²) < 4.78 is 1.63. The molecule has 1 aliphatic heterocycles. The highest BCUT2D eigenvalue weighted by Crippen LogP contribution is 2.33. The van der Waals surface area contributed by atoms with Crippen LogP contribution in [0.2, 0.25) is 0 Å². The van der Waals surface area contributed by atoms with Crippen molar-refractivity contribution >= 4 is 12.0 Å². The number of urea groups is 1. The summed E-state index contributed by atoms with van der Waals surface area (Å²) in [5.74, 6) is -0.815. The average Bonchev–Trinajstić information content (AvgIpc) is 3.00. The molecule has 1 atom stereocenters. The Balaban J connectivity index is 1.85. The van der Waals surface area contributed by atoms with E-state index in [9.17, 15) is 14.7 Å². The number of carbonyl (C=O) groups excluding carboxylic acids is 1. The molecule has 8 heteroatoms. The third kappa shape index (κ3) is 3.50. The molecule has 0 bridgehead atoms. The molecule has 2 amide bonds. The van der Waals surface area contributed by atoms with E-state index >= 15 is 0 Å². The van der Waals surface area contributed by atoms with Gasteiger partial charge in [0.05, 0.1) is 18.2 Å². The van der Waals surface area contributed by atoms with Crippen LogP contribution in [-0.4, -0.2) is 56.6 Å². The summed E-state index contributed by atoms with van der Waals surface area (Å²) in [6.07, 6.45) is 5.18. The number of likely N-dealkylation sites (tertiary alicyclic amines) is 1. The molecule has 1 unspecified atom stereocenters. The maximum atomic E-state index is 12.1. The Morgan fingerprint density at radius 2 is 2.29 bits per heavy atom. The molecule has 0 aromatic carbocycles. The minimum absolute atomic E-state index is 0.214. The number of piperidine rings is 1. The van der Waals surface area contributed by atoms with Gasteiger partial charge >= 0.3 is 12.0 Å². The second-order valence-electron chi connectivity index (χ2n) is 5.36. The predicted octanol–water partition coefficient (Wildman–Crippen LogP) is 0.564. The van der Waals surface area contributed by atoms with Crippen molar-refractivity contribution in [1.82, 2.24) is 25.2 Å². The number of rotatable bonds is 5. The highest BCUT2D eigenvalue weighted by molar-refractivity contribution is 5.78. The average molecular weight is 295 g/mol. The van der Waals surface area contributed by atoms with Gasteiger partial charge in [0.15, 0.2) is 0 Å². The van der Waals surface area contributed by atoms with Crippen LogP contribution < -0.4 is 5.32 Å². The molecular formula is C13H21N5O3. The maximum Gasteiger partial charge on any atom is 0.317 e. The van der Waals surface area contributed by atoms with Crippen molar-refractivity contribution < 1.29 is 14.7 Å². The standard InChI is InChI=1S/C13H21N5O3/c1-2-13(11(19)20)4-3-7-17(10-13)12(21)14-5-8-18-9-6-15-16-18/h6,9H,2-5,7-8,10H2,1H3,(H,14,21)(H,19,20). The molecule has 8 nitrogen and oxygen atoms in total. The molecule has 2 heterocycles. The summed E-state index contributed by atoms with van der Waals surface area (Å²) in [7, 11) is 0. The van der Waals surface area contributed by atoms with Crippen molar-refractivity contribution in [2.75, 3.05) is 19.6 Å². The fourth-order valence-electron chi connectivity index (χ4n) is 2.66. The molecule has 1 fully saturated rings. The minimum Gasteiger partial charge on any atom is -0.481 e. The molecule has 2 rings (SSSR count). The van der Waals surface area contributed by atoms with Crippen LogP contribution in [0.1, 0.15) is 26.2 Å². The Kier molecular flexibility index (Phi) is 4.77. The number of carboxylic acid groups (broad SMARTS) is 1. The number of hydrogen-bond acceptors (Lipinski definition) is 4. The maximum absolute atomic E-state index is 12.1. The van der Waals surface area contributed by atoms with Gasteiger partial charge in [-0.15, -0.1) is 5.10 Å². The lowest BCUT2D eigenvalue weighted by Crippen LogP contribution is -2.52. The van der Waals surface area contributed by atoms with Gasteiger partial charge in [-0.05, 0) is 19.3 Å². The lowest BCUT2D eigenvalue weighted by atomic mass is 9.78. The molecular weight excluding hydrogens is 274 g/mol. The molecule has 0 saturated carbocycles. The van der Waals surface area contributed by atoms with E-state index in [-0.39, 0.29) is 12.6 Å². The number of amides is 2. The van der Waals surface area contributed by atoms with Crippen molar-refractivity contribution in [3.8, 4) is 0 Å². The van der Waals surface area contributed by atoms with Gasteiger partial charge in [-0.3, -0.25) is 9.48 Å². The van der Waals surface area contributed by atoms with Crippen LogP contribution in [-0.2, 0) is 11.3 Å². The largest absolute Gasteiger partial charge is 0.481 e. The Morgan fingerprint density at radius 1 is 1.48 bits per heavy atom. The van der Waals surface area contributed by atoms with E-state index in [0.717, 1.165) is 6.42 Å². The first-order valence-electron chi connectivity index (χ1n) is 7.18. The van der Waals surface area contributed by atoms with Crippen LogP contribution in [0.4, 0.5) is 4.79 Å². The number of aromatic nitrogens is 3. The van der Waals surface area contributed by atoms with Crippen molar-refractivity contribution in [2.45, 2.75) is 32.7 Å². The normalized spacial score (nSPS) is 22.0. The molecule has 0 spiro atoms. The fourth-order valence-corrected chi connectivity index (χ4v) is 2.66. The third-order valence-electron chi connectivity index (χ3n) is 4.08. The van der Waals surface area contributed by atoms with Crippen LogP contribution in [0.15, 0.2) is 12.4 Å². The van der Waals surface area contributed by atoms with Crippen LogP contribution in [0, 0.1) is 5.41 Å². The van der Waals surface area contributed by atoms with E-state index in [1.165, 1.54) is 0 Å². The van der Waals surface area contributed by atoms with Gasteiger partial charge in [-0.2, -0.15) is 0 Å². The zero-order valence-corrected chi connectivity index (χ0v) is 12.2. The quantitative estimate of drug-likeness (QED) is 0.827. The molecule has 0 aliphatic carbocycles. The molecule has 116 valence electrons. The van der Waals surface area contributed by atoms with Gasteiger partial charge in [0.2, 0.25) is 0 Å². The summed E-state index contributed by atoms with van der Waals surface area (Å²) in [6, 6.07) is -0.214. The van der Waals surface area contributed by atoms with E-state index in [4.69, 9.17) is 0 Å². The number of nitrogens with one attached hydrogen (secondary N) is 1. The molecule has 2 N–H and O–H groups in total. The summed E-state index contributed by atoms with van der Waals surface area (Å²) >= 11 is 0. The number of carbonyl (C=O) groups is 2. The fraction of sp³-hybridized carbons (Fsp3) is 0.692. The lowest BCUT2D eigenvalue weighted by Gasteiger charge is -2.39. The van der Waals surface area contributed by atoms with Crippen molar-refractivity contribution in [3.05, 3.63) is 12.4 Å². The van der Waals surface area contributed by atoms with Crippen molar-refractivity contribution in [1.29, 1.82) is 0 Å². The van der Waals surface area contributed by atoms with Crippen molar-refractivity contribution in [3.63, 3.8) is 0 Å². The van der Waals surface area contributed by atoms with E-state index in [1.807, 2.05) is 6.92 Å². The van der Waals surface area contributed by atoms with Gasteiger partial charge < -0.3 is 15.3 Å². The molecule has 1 aromatic rings. The van der Waals surface area contributed by atoms with Crippen LogP contribution in [0.5, 0.6) is 0 Å². The Labute approximate surface area is 123 Å². The molecule has 21 heavy (non-hydrogen) atoms. The number of hydrogen-bond donors (Lipinski definition) is 2. The van der Waals surface area contributed by atoms with Gasteiger partial charge in [0.25, 0.3) is 0 Å². The predicted molar refractivity (Wildman–Crippen MR) is 74.6 cm³/mol. The van der Waals surface area contributed by atoms with Gasteiger partial charge in [-0.1, -0.05) is 12.1 Å². The van der Waals surface area contributed by atoms with Gasteiger partial charge in [-0.25, -0.2) is 4.79 Å². The molecule has 1 aromatic heterocycles. The second kappa shape index (κ2) is 6.55. The zero-order valence-electron chi connectivity index (χ0n) is 12.2. The minimum atomic E-state index is -0.815. The smallest absolute Gasteiger partial charge is 0.317 e. The summed E-state index contributed by atoms with van der Waals surface area (Å²) in [6.45, 7) is 3.71. The number of carboxylic acids is 1.